The first kappa shape index (κ1) is 17.6. The van der Waals surface area contributed by atoms with Gasteiger partial charge in [0.1, 0.15) is 15.9 Å². The summed E-state index contributed by atoms with van der Waals surface area (Å²) in [4.78, 5) is 26.3. The van der Waals surface area contributed by atoms with Crippen molar-refractivity contribution in [3.05, 3.63) is 38.4 Å². The van der Waals surface area contributed by atoms with Gasteiger partial charge in [0.2, 0.25) is 0 Å². The zero-order chi connectivity index (χ0) is 18.0. The molecule has 0 spiro atoms. The molecule has 2 aromatic rings. The van der Waals surface area contributed by atoms with Crippen molar-refractivity contribution in [1.82, 2.24) is 0 Å². The Morgan fingerprint density at radius 3 is 3.04 bits per heavy atom. The van der Waals surface area contributed by atoms with Gasteiger partial charge >= 0.3 is 5.97 Å². The Kier molecular flexibility index (Phi) is 5.21. The molecule has 7 heteroatoms. The Morgan fingerprint density at radius 2 is 2.28 bits per heavy atom. The molecule has 0 aromatic carbocycles. The summed E-state index contributed by atoms with van der Waals surface area (Å²) < 4.78 is 5.31. The fourth-order valence-corrected chi connectivity index (χ4v) is 4.62. The van der Waals surface area contributed by atoms with Gasteiger partial charge in [0, 0.05) is 4.88 Å². The summed E-state index contributed by atoms with van der Waals surface area (Å²) in [7, 11) is 0. The number of ether oxygens (including phenoxy) is 1. The molecule has 2 aromatic heterocycles. The van der Waals surface area contributed by atoms with Crippen molar-refractivity contribution in [2.45, 2.75) is 39.2 Å². The van der Waals surface area contributed by atoms with E-state index in [-0.39, 0.29) is 0 Å². The molecule has 0 aliphatic heterocycles. The van der Waals surface area contributed by atoms with E-state index in [4.69, 9.17) is 10.00 Å². The monoisotopic (exact) mass is 374 g/mol. The number of amides is 1. The number of anilines is 1. The predicted molar refractivity (Wildman–Crippen MR) is 98.0 cm³/mol. The van der Waals surface area contributed by atoms with Crippen molar-refractivity contribution in [1.29, 1.82) is 5.26 Å². The van der Waals surface area contributed by atoms with E-state index in [0.29, 0.717) is 21.4 Å². The standard InChI is InChI=1S/C18H18N2O3S2/c1-10-3-4-14-13(7-10)8-15(25-14)18(22)23-11(2)16(21)20-17-12(9-19)5-6-24-17/h5-6,8,10-11H,3-4,7H2,1-2H3,(H,20,21)/t10-,11-/m1/s1. The number of carbonyl (C=O) groups is 2. The summed E-state index contributed by atoms with van der Waals surface area (Å²) in [5, 5.41) is 13.8. The van der Waals surface area contributed by atoms with E-state index in [1.165, 1.54) is 40.0 Å². The molecule has 1 amide bonds. The summed E-state index contributed by atoms with van der Waals surface area (Å²) in [6.07, 6.45) is 2.20. The number of aryl methyl sites for hydroxylation is 1. The van der Waals surface area contributed by atoms with E-state index in [1.54, 1.807) is 11.4 Å². The number of hydrogen-bond donors (Lipinski definition) is 1. The molecule has 1 aliphatic rings. The molecule has 2 heterocycles. The minimum Gasteiger partial charge on any atom is -0.448 e. The van der Waals surface area contributed by atoms with Gasteiger partial charge in [0.15, 0.2) is 6.10 Å². The molecule has 5 nitrogen and oxygen atoms in total. The van der Waals surface area contributed by atoms with Gasteiger partial charge in [-0.05, 0) is 55.2 Å². The SMILES string of the molecule is C[C@@H]1CCc2sc(C(=O)O[C@H](C)C(=O)Nc3sccc3C#N)cc2C1. The number of thiophene rings is 2. The van der Waals surface area contributed by atoms with Crippen LogP contribution in [0.25, 0.3) is 0 Å². The topological polar surface area (TPSA) is 79.2 Å². The molecule has 0 bridgehead atoms. The minimum absolute atomic E-state index is 0.400. The minimum atomic E-state index is -0.931. The van der Waals surface area contributed by atoms with Crippen molar-refractivity contribution < 1.29 is 14.3 Å². The van der Waals surface area contributed by atoms with Crippen LogP contribution in [0.4, 0.5) is 5.00 Å². The number of esters is 1. The van der Waals surface area contributed by atoms with E-state index in [1.807, 2.05) is 12.1 Å². The number of nitrogens with one attached hydrogen (secondary N) is 1. The highest BCUT2D eigenvalue weighted by Crippen LogP contribution is 2.32. The lowest BCUT2D eigenvalue weighted by molar-refractivity contribution is -0.123. The number of fused-ring (bicyclic) bond motifs is 1. The molecule has 0 fully saturated rings. The smallest absolute Gasteiger partial charge is 0.349 e. The van der Waals surface area contributed by atoms with Crippen LogP contribution in [0.15, 0.2) is 17.5 Å². The molecule has 0 radical (unpaired) electrons. The molecule has 0 unspecified atom stereocenters. The van der Waals surface area contributed by atoms with Gasteiger partial charge in [0.05, 0.1) is 5.56 Å². The first-order valence-corrected chi connectivity index (χ1v) is 9.78. The van der Waals surface area contributed by atoms with E-state index < -0.39 is 18.0 Å². The zero-order valence-electron chi connectivity index (χ0n) is 14.0. The number of nitriles is 1. The summed E-state index contributed by atoms with van der Waals surface area (Å²) >= 11 is 2.72. The largest absolute Gasteiger partial charge is 0.448 e. The molecule has 3 rings (SSSR count). The van der Waals surface area contributed by atoms with Crippen LogP contribution in [0.2, 0.25) is 0 Å². The normalized spacial score (nSPS) is 17.2. The maximum atomic E-state index is 12.3. The van der Waals surface area contributed by atoms with Crippen molar-refractivity contribution in [2.24, 2.45) is 5.92 Å². The Balaban J connectivity index is 1.62. The maximum absolute atomic E-state index is 12.3. The van der Waals surface area contributed by atoms with E-state index in [2.05, 4.69) is 12.2 Å². The lowest BCUT2D eigenvalue weighted by atomic mass is 9.90. The fraction of sp³-hybridized carbons (Fsp3) is 0.389. The van der Waals surface area contributed by atoms with Crippen LogP contribution in [0.1, 0.15) is 45.9 Å². The van der Waals surface area contributed by atoms with E-state index >= 15 is 0 Å². The third-order valence-corrected chi connectivity index (χ3v) is 6.25. The molecule has 0 saturated heterocycles. The first-order valence-electron chi connectivity index (χ1n) is 8.09. The van der Waals surface area contributed by atoms with Crippen LogP contribution >= 0.6 is 22.7 Å². The van der Waals surface area contributed by atoms with Crippen LogP contribution in [-0.4, -0.2) is 18.0 Å². The highest BCUT2D eigenvalue weighted by Gasteiger charge is 2.24. The van der Waals surface area contributed by atoms with Gasteiger partial charge in [-0.3, -0.25) is 4.79 Å². The quantitative estimate of drug-likeness (QED) is 0.821. The lowest BCUT2D eigenvalue weighted by Crippen LogP contribution is -2.29. The third-order valence-electron chi connectivity index (χ3n) is 4.21. The molecule has 130 valence electrons. The highest BCUT2D eigenvalue weighted by atomic mass is 32.1. The Morgan fingerprint density at radius 1 is 1.48 bits per heavy atom. The second kappa shape index (κ2) is 7.38. The molecule has 2 atom stereocenters. The van der Waals surface area contributed by atoms with E-state index in [0.717, 1.165) is 19.3 Å². The summed E-state index contributed by atoms with van der Waals surface area (Å²) in [6.45, 7) is 3.74. The van der Waals surface area contributed by atoms with Gasteiger partial charge < -0.3 is 10.1 Å². The van der Waals surface area contributed by atoms with Gasteiger partial charge in [0.25, 0.3) is 5.91 Å². The van der Waals surface area contributed by atoms with Crippen molar-refractivity contribution >= 4 is 39.6 Å². The average molecular weight is 374 g/mol. The van der Waals surface area contributed by atoms with Crippen LogP contribution in [0.3, 0.4) is 0 Å². The Labute approximate surface area is 154 Å². The van der Waals surface area contributed by atoms with Gasteiger partial charge in [-0.2, -0.15) is 5.26 Å². The second-order valence-electron chi connectivity index (χ2n) is 6.22. The molecular formula is C18H18N2O3S2. The Bertz CT molecular complexity index is 847. The first-order chi connectivity index (χ1) is 12.0. The van der Waals surface area contributed by atoms with Crippen LogP contribution in [0, 0.1) is 17.2 Å². The number of nitrogens with zero attached hydrogens (tertiary/aromatic N) is 1. The van der Waals surface area contributed by atoms with Gasteiger partial charge in [-0.1, -0.05) is 6.92 Å². The lowest BCUT2D eigenvalue weighted by Gasteiger charge is -2.16. The summed E-state index contributed by atoms with van der Waals surface area (Å²) in [5.74, 6) is -0.278. The average Bonchev–Trinajstić information content (AvgIpc) is 3.20. The van der Waals surface area contributed by atoms with E-state index in [9.17, 15) is 9.59 Å². The fourth-order valence-electron chi connectivity index (χ4n) is 2.79. The molecule has 1 N–H and O–H groups in total. The van der Waals surface area contributed by atoms with Crippen molar-refractivity contribution in [3.8, 4) is 6.07 Å². The van der Waals surface area contributed by atoms with Gasteiger partial charge in [-0.15, -0.1) is 22.7 Å². The van der Waals surface area contributed by atoms with Crippen molar-refractivity contribution in [2.75, 3.05) is 5.32 Å². The summed E-state index contributed by atoms with van der Waals surface area (Å²) in [5.41, 5.74) is 1.63. The van der Waals surface area contributed by atoms with Crippen LogP contribution in [0.5, 0.6) is 0 Å². The number of hydrogen-bond acceptors (Lipinski definition) is 6. The third kappa shape index (κ3) is 3.91. The van der Waals surface area contributed by atoms with Crippen LogP contribution in [-0.2, 0) is 22.4 Å². The van der Waals surface area contributed by atoms with Crippen molar-refractivity contribution in [3.63, 3.8) is 0 Å². The molecule has 0 saturated carbocycles. The Hall–Kier alpha value is -2.17. The molecule has 25 heavy (non-hydrogen) atoms. The maximum Gasteiger partial charge on any atom is 0.349 e. The zero-order valence-corrected chi connectivity index (χ0v) is 15.6. The number of carbonyl (C=O) groups excluding carboxylic acids is 2. The molecular weight excluding hydrogens is 356 g/mol. The highest BCUT2D eigenvalue weighted by molar-refractivity contribution is 7.14. The van der Waals surface area contributed by atoms with Crippen LogP contribution < -0.4 is 5.32 Å². The number of rotatable bonds is 4. The predicted octanol–water partition coefficient (Wildman–Crippen LogP) is 3.99. The van der Waals surface area contributed by atoms with Gasteiger partial charge in [-0.25, -0.2) is 4.79 Å². The summed E-state index contributed by atoms with van der Waals surface area (Å²) in [6, 6.07) is 5.54. The molecule has 1 aliphatic carbocycles. The second-order valence-corrected chi connectivity index (χ2v) is 8.27.